The largest absolute Gasteiger partial charge is 0.351 e. The fourth-order valence-electron chi connectivity index (χ4n) is 3.88. The maximum atomic E-state index is 12.6. The van der Waals surface area contributed by atoms with Gasteiger partial charge in [-0.15, -0.1) is 0 Å². The SMILES string of the molecule is Cc1nc2ccccc2cc1C(=O)NCCN1CCN(Cc2ccccc2)CC1. The Balaban J connectivity index is 1.24. The molecule has 5 nitrogen and oxygen atoms in total. The zero-order valence-electron chi connectivity index (χ0n) is 17.0. The summed E-state index contributed by atoms with van der Waals surface area (Å²) in [5.74, 6) is -0.0385. The molecule has 4 rings (SSSR count). The van der Waals surface area contributed by atoms with Gasteiger partial charge in [-0.2, -0.15) is 0 Å². The molecule has 1 amide bonds. The lowest BCUT2D eigenvalue weighted by Gasteiger charge is -2.34. The second-order valence-corrected chi connectivity index (χ2v) is 7.67. The smallest absolute Gasteiger partial charge is 0.253 e. The van der Waals surface area contributed by atoms with Crippen LogP contribution in [0.1, 0.15) is 21.6 Å². The van der Waals surface area contributed by atoms with E-state index in [1.807, 2.05) is 37.3 Å². The van der Waals surface area contributed by atoms with E-state index in [4.69, 9.17) is 0 Å². The number of pyridine rings is 1. The van der Waals surface area contributed by atoms with Crippen molar-refractivity contribution in [3.8, 4) is 0 Å². The number of nitrogens with zero attached hydrogens (tertiary/aromatic N) is 3. The average molecular weight is 389 g/mol. The first-order chi connectivity index (χ1) is 14.2. The van der Waals surface area contributed by atoms with Crippen LogP contribution in [0.2, 0.25) is 0 Å². The second-order valence-electron chi connectivity index (χ2n) is 7.67. The van der Waals surface area contributed by atoms with Crippen LogP contribution in [0.15, 0.2) is 60.7 Å². The number of carbonyl (C=O) groups is 1. The first-order valence-electron chi connectivity index (χ1n) is 10.3. The molecule has 0 aliphatic carbocycles. The number of amides is 1. The van der Waals surface area contributed by atoms with Gasteiger partial charge in [0.2, 0.25) is 0 Å². The lowest BCUT2D eigenvalue weighted by Crippen LogP contribution is -2.48. The van der Waals surface area contributed by atoms with E-state index in [1.165, 1.54) is 5.56 Å². The number of rotatable bonds is 6. The van der Waals surface area contributed by atoms with Crippen molar-refractivity contribution in [2.24, 2.45) is 0 Å². The van der Waals surface area contributed by atoms with Crippen LogP contribution in [-0.4, -0.2) is 60.0 Å². The van der Waals surface area contributed by atoms with E-state index in [1.54, 1.807) is 0 Å². The molecule has 0 spiro atoms. The van der Waals surface area contributed by atoms with Gasteiger partial charge in [0.1, 0.15) is 0 Å². The number of carbonyl (C=O) groups excluding carboxylic acids is 1. The number of fused-ring (bicyclic) bond motifs is 1. The highest BCUT2D eigenvalue weighted by Gasteiger charge is 2.17. The molecule has 0 unspecified atom stereocenters. The summed E-state index contributed by atoms with van der Waals surface area (Å²) in [6.45, 7) is 8.66. The molecule has 5 heteroatoms. The van der Waals surface area contributed by atoms with Crippen LogP contribution in [0.4, 0.5) is 0 Å². The molecule has 150 valence electrons. The highest BCUT2D eigenvalue weighted by atomic mass is 16.1. The highest BCUT2D eigenvalue weighted by Crippen LogP contribution is 2.16. The van der Waals surface area contributed by atoms with Gasteiger partial charge in [0.15, 0.2) is 0 Å². The lowest BCUT2D eigenvalue weighted by atomic mass is 10.1. The van der Waals surface area contributed by atoms with Crippen LogP contribution in [-0.2, 0) is 6.54 Å². The van der Waals surface area contributed by atoms with E-state index in [9.17, 15) is 4.79 Å². The van der Waals surface area contributed by atoms with Crippen molar-refractivity contribution < 1.29 is 4.79 Å². The molecule has 2 aromatic carbocycles. The van der Waals surface area contributed by atoms with Crippen molar-refractivity contribution in [2.45, 2.75) is 13.5 Å². The molecule has 0 atom stereocenters. The normalized spacial score (nSPS) is 15.5. The molecular weight excluding hydrogens is 360 g/mol. The molecule has 1 aliphatic heterocycles. The fraction of sp³-hybridized carbons (Fsp3) is 0.333. The van der Waals surface area contributed by atoms with Crippen LogP contribution in [0.25, 0.3) is 10.9 Å². The molecule has 1 fully saturated rings. The van der Waals surface area contributed by atoms with Crippen molar-refractivity contribution in [1.82, 2.24) is 20.1 Å². The molecule has 2 heterocycles. The number of para-hydroxylation sites is 1. The van der Waals surface area contributed by atoms with Crippen molar-refractivity contribution in [3.05, 3.63) is 77.5 Å². The third-order valence-electron chi connectivity index (χ3n) is 5.59. The number of aryl methyl sites for hydroxylation is 1. The number of hydrogen-bond donors (Lipinski definition) is 1. The lowest BCUT2D eigenvalue weighted by molar-refractivity contribution is 0.0933. The molecular formula is C24H28N4O. The van der Waals surface area contributed by atoms with E-state index in [0.29, 0.717) is 12.1 Å². The van der Waals surface area contributed by atoms with E-state index in [2.05, 4.69) is 50.4 Å². The van der Waals surface area contributed by atoms with Gasteiger partial charge >= 0.3 is 0 Å². The monoisotopic (exact) mass is 388 g/mol. The quantitative estimate of drug-likeness (QED) is 0.705. The number of benzene rings is 2. The summed E-state index contributed by atoms with van der Waals surface area (Å²) < 4.78 is 0. The Hall–Kier alpha value is -2.76. The van der Waals surface area contributed by atoms with E-state index in [0.717, 1.165) is 55.9 Å². The summed E-state index contributed by atoms with van der Waals surface area (Å²) >= 11 is 0. The highest BCUT2D eigenvalue weighted by molar-refractivity contribution is 5.98. The van der Waals surface area contributed by atoms with Gasteiger partial charge in [0.25, 0.3) is 5.91 Å². The zero-order valence-corrected chi connectivity index (χ0v) is 17.0. The Kier molecular flexibility index (Phi) is 6.17. The van der Waals surface area contributed by atoms with Crippen molar-refractivity contribution in [3.63, 3.8) is 0 Å². The molecule has 1 saturated heterocycles. The van der Waals surface area contributed by atoms with Crippen LogP contribution in [0.3, 0.4) is 0 Å². The molecule has 1 aromatic heterocycles. The van der Waals surface area contributed by atoms with Gasteiger partial charge < -0.3 is 5.32 Å². The van der Waals surface area contributed by atoms with Crippen LogP contribution >= 0.6 is 0 Å². The van der Waals surface area contributed by atoms with Crippen molar-refractivity contribution >= 4 is 16.8 Å². The Morgan fingerprint density at radius 3 is 2.45 bits per heavy atom. The zero-order chi connectivity index (χ0) is 20.1. The average Bonchev–Trinajstić information content (AvgIpc) is 2.75. The van der Waals surface area contributed by atoms with Crippen LogP contribution in [0, 0.1) is 6.92 Å². The van der Waals surface area contributed by atoms with E-state index in [-0.39, 0.29) is 5.91 Å². The summed E-state index contributed by atoms with van der Waals surface area (Å²) in [5, 5.41) is 4.07. The summed E-state index contributed by atoms with van der Waals surface area (Å²) in [6, 6.07) is 20.5. The number of aromatic nitrogens is 1. The van der Waals surface area contributed by atoms with E-state index < -0.39 is 0 Å². The van der Waals surface area contributed by atoms with Gasteiger partial charge in [-0.25, -0.2) is 0 Å². The molecule has 0 bridgehead atoms. The topological polar surface area (TPSA) is 48.5 Å². The number of piperazine rings is 1. The molecule has 1 aliphatic rings. The molecule has 1 N–H and O–H groups in total. The summed E-state index contributed by atoms with van der Waals surface area (Å²) in [5.41, 5.74) is 3.73. The number of hydrogen-bond acceptors (Lipinski definition) is 4. The van der Waals surface area contributed by atoms with Gasteiger partial charge in [-0.05, 0) is 24.6 Å². The number of nitrogens with one attached hydrogen (secondary N) is 1. The summed E-state index contributed by atoms with van der Waals surface area (Å²) in [6.07, 6.45) is 0. The maximum Gasteiger partial charge on any atom is 0.253 e. The first-order valence-corrected chi connectivity index (χ1v) is 10.3. The van der Waals surface area contributed by atoms with Gasteiger partial charge in [-0.1, -0.05) is 48.5 Å². The molecule has 0 radical (unpaired) electrons. The van der Waals surface area contributed by atoms with Crippen molar-refractivity contribution in [2.75, 3.05) is 39.3 Å². The predicted octanol–water partition coefficient (Wildman–Crippen LogP) is 3.09. The minimum absolute atomic E-state index is 0.0385. The Morgan fingerprint density at radius 2 is 1.66 bits per heavy atom. The van der Waals surface area contributed by atoms with Crippen LogP contribution < -0.4 is 5.32 Å². The maximum absolute atomic E-state index is 12.6. The second kappa shape index (κ2) is 9.16. The van der Waals surface area contributed by atoms with Gasteiger partial charge in [0, 0.05) is 51.2 Å². The van der Waals surface area contributed by atoms with Crippen molar-refractivity contribution in [1.29, 1.82) is 0 Å². The predicted molar refractivity (Wildman–Crippen MR) is 117 cm³/mol. The fourth-order valence-corrected chi connectivity index (χ4v) is 3.88. The molecule has 3 aromatic rings. The minimum atomic E-state index is -0.0385. The minimum Gasteiger partial charge on any atom is -0.351 e. The molecule has 0 saturated carbocycles. The third-order valence-corrected chi connectivity index (χ3v) is 5.59. The Labute approximate surface area is 172 Å². The molecule has 29 heavy (non-hydrogen) atoms. The van der Waals surface area contributed by atoms with E-state index >= 15 is 0 Å². The summed E-state index contributed by atoms with van der Waals surface area (Å²) in [4.78, 5) is 22.1. The van der Waals surface area contributed by atoms with Crippen LogP contribution in [0.5, 0.6) is 0 Å². The first kappa shape index (κ1) is 19.6. The van der Waals surface area contributed by atoms with Gasteiger partial charge in [0.05, 0.1) is 16.8 Å². The Morgan fingerprint density at radius 1 is 0.966 bits per heavy atom. The standard InChI is InChI=1S/C24H28N4O/c1-19-22(17-21-9-5-6-10-23(21)26-19)24(29)25-11-12-27-13-15-28(16-14-27)18-20-7-3-2-4-8-20/h2-10,17H,11-16,18H2,1H3,(H,25,29). The Bertz CT molecular complexity index is 965. The van der Waals surface area contributed by atoms with Gasteiger partial charge in [-0.3, -0.25) is 19.6 Å². The summed E-state index contributed by atoms with van der Waals surface area (Å²) in [7, 11) is 0. The third kappa shape index (κ3) is 5.00.